The Labute approximate surface area is 81.4 Å². The molecule has 80 valence electrons. The minimum atomic E-state index is 0.263. The average Bonchev–Trinajstić information content (AvgIpc) is 2.10. The van der Waals surface area contributed by atoms with Gasteiger partial charge in [-0.1, -0.05) is 0 Å². The Morgan fingerprint density at radius 1 is 1.00 bits per heavy atom. The van der Waals surface area contributed by atoms with E-state index in [1.54, 1.807) is 14.2 Å². The van der Waals surface area contributed by atoms with Crippen LogP contribution in [0.2, 0.25) is 0 Å². The summed E-state index contributed by atoms with van der Waals surface area (Å²) in [7, 11) is 3.44. The number of hydrogen-bond acceptors (Lipinski definition) is 3. The van der Waals surface area contributed by atoms with Gasteiger partial charge in [-0.05, 0) is 26.7 Å². The van der Waals surface area contributed by atoms with Crippen molar-refractivity contribution in [2.45, 2.75) is 38.9 Å². The molecule has 0 heterocycles. The first-order valence-electron chi connectivity index (χ1n) is 4.84. The fourth-order valence-corrected chi connectivity index (χ4v) is 1.06. The molecule has 0 aliphatic carbocycles. The summed E-state index contributed by atoms with van der Waals surface area (Å²) in [5, 5.41) is 0. The molecule has 1 atom stereocenters. The molecule has 0 aromatic heterocycles. The molecule has 1 unspecified atom stereocenters. The van der Waals surface area contributed by atoms with E-state index < -0.39 is 0 Å². The number of ether oxygens (including phenoxy) is 3. The zero-order valence-electron chi connectivity index (χ0n) is 9.21. The molecule has 0 saturated carbocycles. The van der Waals surface area contributed by atoms with E-state index in [1.807, 2.05) is 13.8 Å². The number of methoxy groups -OCH3 is 2. The average molecular weight is 190 g/mol. The highest BCUT2D eigenvalue weighted by molar-refractivity contribution is 4.56. The molecule has 0 spiro atoms. The third kappa shape index (κ3) is 8.22. The largest absolute Gasteiger partial charge is 0.385 e. The van der Waals surface area contributed by atoms with Crippen molar-refractivity contribution in [3.05, 3.63) is 0 Å². The molecule has 0 N–H and O–H groups in total. The highest BCUT2D eigenvalue weighted by Crippen LogP contribution is 2.04. The van der Waals surface area contributed by atoms with Crippen LogP contribution in [0.25, 0.3) is 0 Å². The first kappa shape index (κ1) is 12.9. The highest BCUT2D eigenvalue weighted by Gasteiger charge is 2.06. The molecule has 0 aliphatic rings. The van der Waals surface area contributed by atoms with Gasteiger partial charge in [-0.2, -0.15) is 0 Å². The molecule has 0 radical (unpaired) electrons. The first-order valence-corrected chi connectivity index (χ1v) is 4.84. The molecule has 0 amide bonds. The molecular formula is C10H22O3. The van der Waals surface area contributed by atoms with E-state index in [-0.39, 0.29) is 6.10 Å². The molecule has 0 fully saturated rings. The Hall–Kier alpha value is -0.120. The monoisotopic (exact) mass is 190 g/mol. The van der Waals surface area contributed by atoms with Crippen molar-refractivity contribution < 1.29 is 14.2 Å². The molecular weight excluding hydrogens is 168 g/mol. The summed E-state index contributed by atoms with van der Waals surface area (Å²) in [5.41, 5.74) is 0. The van der Waals surface area contributed by atoms with E-state index in [0.717, 1.165) is 26.1 Å². The predicted molar refractivity (Wildman–Crippen MR) is 53.0 cm³/mol. The third-order valence-electron chi connectivity index (χ3n) is 1.87. The first-order chi connectivity index (χ1) is 6.20. The summed E-state index contributed by atoms with van der Waals surface area (Å²) in [5.74, 6) is 0. The van der Waals surface area contributed by atoms with Crippen LogP contribution in [0.1, 0.15) is 26.7 Å². The predicted octanol–water partition coefficient (Wildman–Crippen LogP) is 1.85. The van der Waals surface area contributed by atoms with E-state index in [0.29, 0.717) is 6.10 Å². The fraction of sp³-hybridized carbons (Fsp3) is 1.00. The van der Waals surface area contributed by atoms with Crippen LogP contribution in [0.15, 0.2) is 0 Å². The molecule has 0 aromatic rings. The van der Waals surface area contributed by atoms with E-state index in [9.17, 15) is 0 Å². The van der Waals surface area contributed by atoms with Crippen LogP contribution in [-0.2, 0) is 14.2 Å². The number of rotatable bonds is 8. The summed E-state index contributed by atoms with van der Waals surface area (Å²) in [6.45, 7) is 5.59. The van der Waals surface area contributed by atoms with Crippen molar-refractivity contribution >= 4 is 0 Å². The van der Waals surface area contributed by atoms with Crippen molar-refractivity contribution in [2.24, 2.45) is 0 Å². The van der Waals surface area contributed by atoms with Gasteiger partial charge in [0.2, 0.25) is 0 Å². The normalized spacial score (nSPS) is 13.6. The standard InChI is InChI=1S/C10H22O3/c1-9(2)13-8-6-10(12-4)5-7-11-3/h9-10H,5-8H2,1-4H3. The van der Waals surface area contributed by atoms with Crippen molar-refractivity contribution in [1.82, 2.24) is 0 Å². The van der Waals surface area contributed by atoms with Gasteiger partial charge >= 0.3 is 0 Å². The summed E-state index contributed by atoms with van der Waals surface area (Å²) >= 11 is 0. The van der Waals surface area contributed by atoms with Gasteiger partial charge < -0.3 is 14.2 Å². The van der Waals surface area contributed by atoms with Gasteiger partial charge in [-0.25, -0.2) is 0 Å². The minimum Gasteiger partial charge on any atom is -0.385 e. The molecule has 0 aliphatic heterocycles. The van der Waals surface area contributed by atoms with Crippen molar-refractivity contribution in [1.29, 1.82) is 0 Å². The van der Waals surface area contributed by atoms with Crippen LogP contribution in [0, 0.1) is 0 Å². The maximum Gasteiger partial charge on any atom is 0.0615 e. The van der Waals surface area contributed by atoms with Crippen LogP contribution in [0.3, 0.4) is 0 Å². The van der Waals surface area contributed by atoms with Gasteiger partial charge in [-0.3, -0.25) is 0 Å². The lowest BCUT2D eigenvalue weighted by atomic mass is 10.2. The Balaban J connectivity index is 3.36. The van der Waals surface area contributed by atoms with E-state index in [1.165, 1.54) is 0 Å². The summed E-state index contributed by atoms with van der Waals surface area (Å²) in [6.07, 6.45) is 2.45. The van der Waals surface area contributed by atoms with Gasteiger partial charge in [0.25, 0.3) is 0 Å². The molecule has 0 aromatic carbocycles. The van der Waals surface area contributed by atoms with Crippen LogP contribution >= 0.6 is 0 Å². The lowest BCUT2D eigenvalue weighted by Crippen LogP contribution is -2.17. The molecule has 3 heteroatoms. The van der Waals surface area contributed by atoms with Crippen molar-refractivity contribution in [3.63, 3.8) is 0 Å². The van der Waals surface area contributed by atoms with Crippen LogP contribution in [0.4, 0.5) is 0 Å². The van der Waals surface area contributed by atoms with E-state index in [4.69, 9.17) is 14.2 Å². The maximum atomic E-state index is 5.43. The zero-order valence-corrected chi connectivity index (χ0v) is 9.21. The topological polar surface area (TPSA) is 27.7 Å². The van der Waals surface area contributed by atoms with Crippen LogP contribution < -0.4 is 0 Å². The van der Waals surface area contributed by atoms with Gasteiger partial charge in [0.15, 0.2) is 0 Å². The molecule has 0 rings (SSSR count). The van der Waals surface area contributed by atoms with Gasteiger partial charge in [0.05, 0.1) is 12.2 Å². The lowest BCUT2D eigenvalue weighted by molar-refractivity contribution is 0.0160. The number of hydrogen-bond donors (Lipinski definition) is 0. The zero-order chi connectivity index (χ0) is 10.1. The second kappa shape index (κ2) is 8.48. The summed E-state index contributed by atoms with van der Waals surface area (Å²) < 4.78 is 15.7. The minimum absolute atomic E-state index is 0.263. The maximum absolute atomic E-state index is 5.43. The molecule has 0 bridgehead atoms. The third-order valence-corrected chi connectivity index (χ3v) is 1.87. The van der Waals surface area contributed by atoms with Gasteiger partial charge in [0.1, 0.15) is 0 Å². The SMILES string of the molecule is COCCC(CCOC(C)C)OC. The Kier molecular flexibility index (Phi) is 8.40. The van der Waals surface area contributed by atoms with E-state index in [2.05, 4.69) is 0 Å². The summed E-state index contributed by atoms with van der Waals surface area (Å²) in [6, 6.07) is 0. The van der Waals surface area contributed by atoms with Crippen LogP contribution in [-0.4, -0.2) is 39.6 Å². The molecule has 13 heavy (non-hydrogen) atoms. The Bertz CT molecular complexity index is 104. The summed E-state index contributed by atoms with van der Waals surface area (Å²) in [4.78, 5) is 0. The highest BCUT2D eigenvalue weighted by atomic mass is 16.5. The van der Waals surface area contributed by atoms with Crippen molar-refractivity contribution in [3.8, 4) is 0 Å². The Morgan fingerprint density at radius 3 is 2.08 bits per heavy atom. The quantitative estimate of drug-likeness (QED) is 0.584. The van der Waals surface area contributed by atoms with Gasteiger partial charge in [0, 0.05) is 27.4 Å². The molecule has 0 saturated heterocycles. The second-order valence-corrected chi connectivity index (χ2v) is 3.35. The van der Waals surface area contributed by atoms with Crippen LogP contribution in [0.5, 0.6) is 0 Å². The second-order valence-electron chi connectivity index (χ2n) is 3.35. The smallest absolute Gasteiger partial charge is 0.0615 e. The fourth-order valence-electron chi connectivity index (χ4n) is 1.06. The Morgan fingerprint density at radius 2 is 1.62 bits per heavy atom. The lowest BCUT2D eigenvalue weighted by Gasteiger charge is -2.15. The molecule has 3 nitrogen and oxygen atoms in total. The van der Waals surface area contributed by atoms with E-state index >= 15 is 0 Å². The van der Waals surface area contributed by atoms with Gasteiger partial charge in [-0.15, -0.1) is 0 Å². The van der Waals surface area contributed by atoms with Crippen molar-refractivity contribution in [2.75, 3.05) is 27.4 Å².